The molecule has 168 valence electrons. The minimum Gasteiger partial charge on any atom is -0.495 e. The van der Waals surface area contributed by atoms with Crippen molar-refractivity contribution in [1.29, 1.82) is 0 Å². The number of fused-ring (bicyclic) bond motifs is 1. The number of benzene rings is 2. The van der Waals surface area contributed by atoms with E-state index >= 15 is 0 Å². The minimum atomic E-state index is -3.81. The predicted octanol–water partition coefficient (Wildman–Crippen LogP) is 1.93. The van der Waals surface area contributed by atoms with Gasteiger partial charge >= 0.3 is 5.97 Å². The van der Waals surface area contributed by atoms with E-state index in [0.717, 1.165) is 17.7 Å². The largest absolute Gasteiger partial charge is 0.495 e. The van der Waals surface area contributed by atoms with E-state index in [-0.39, 0.29) is 29.4 Å². The van der Waals surface area contributed by atoms with E-state index in [9.17, 15) is 22.8 Å². The number of hydrogen-bond acceptors (Lipinski definition) is 7. The second-order valence-corrected chi connectivity index (χ2v) is 9.33. The normalized spacial score (nSPS) is 16.3. The number of imide groups is 1. The van der Waals surface area contributed by atoms with Gasteiger partial charge in [-0.25, -0.2) is 13.2 Å². The summed E-state index contributed by atoms with van der Waals surface area (Å²) in [5, 5.41) is 0. The molecule has 0 spiro atoms. The van der Waals surface area contributed by atoms with Crippen LogP contribution >= 0.6 is 0 Å². The molecule has 9 nitrogen and oxygen atoms in total. The Morgan fingerprint density at radius 2 is 1.62 bits per heavy atom. The molecule has 2 heterocycles. The highest BCUT2D eigenvalue weighted by atomic mass is 32.2. The van der Waals surface area contributed by atoms with Crippen LogP contribution in [-0.2, 0) is 14.8 Å². The van der Waals surface area contributed by atoms with Crippen LogP contribution in [-0.4, -0.2) is 68.8 Å². The van der Waals surface area contributed by atoms with E-state index in [1.54, 1.807) is 24.3 Å². The smallest absolute Gasteiger partial charge is 0.338 e. The second kappa shape index (κ2) is 8.71. The van der Waals surface area contributed by atoms with Gasteiger partial charge in [-0.2, -0.15) is 4.31 Å². The zero-order valence-electron chi connectivity index (χ0n) is 17.4. The highest BCUT2D eigenvalue weighted by Crippen LogP contribution is 2.30. The van der Waals surface area contributed by atoms with Crippen molar-refractivity contribution >= 4 is 27.8 Å². The first-order valence-electron chi connectivity index (χ1n) is 10.1. The summed E-state index contributed by atoms with van der Waals surface area (Å²) >= 11 is 0. The SMILES string of the molecule is COc1ccc(C(=O)OCCN2C(=O)c3ccccc3C2=O)cc1S(=O)(=O)N1CCCC1. The number of rotatable bonds is 7. The van der Waals surface area contributed by atoms with Crippen LogP contribution in [0.25, 0.3) is 0 Å². The maximum Gasteiger partial charge on any atom is 0.338 e. The lowest BCUT2D eigenvalue weighted by Crippen LogP contribution is -2.33. The standard InChI is InChI=1S/C22H22N2O7S/c1-30-18-9-8-15(14-19(18)32(28,29)23-10-4-5-11-23)22(27)31-13-12-24-20(25)16-6-2-3-7-17(16)21(24)26/h2-3,6-9,14H,4-5,10-13H2,1H3. The molecule has 32 heavy (non-hydrogen) atoms. The number of sulfonamides is 1. The van der Waals surface area contributed by atoms with Gasteiger partial charge in [-0.15, -0.1) is 0 Å². The third kappa shape index (κ3) is 3.87. The number of carbonyl (C=O) groups excluding carboxylic acids is 3. The van der Waals surface area contributed by atoms with Gasteiger partial charge in [0.15, 0.2) is 0 Å². The third-order valence-corrected chi connectivity index (χ3v) is 7.43. The number of hydrogen-bond donors (Lipinski definition) is 0. The van der Waals surface area contributed by atoms with Crippen LogP contribution < -0.4 is 4.74 Å². The molecule has 0 radical (unpaired) electrons. The Morgan fingerprint density at radius 3 is 2.22 bits per heavy atom. The Kier molecular flexibility index (Phi) is 5.98. The van der Waals surface area contributed by atoms with Gasteiger partial charge < -0.3 is 9.47 Å². The summed E-state index contributed by atoms with van der Waals surface area (Å²) in [7, 11) is -2.45. The molecule has 0 saturated carbocycles. The molecule has 2 aliphatic rings. The van der Waals surface area contributed by atoms with Gasteiger partial charge in [-0.05, 0) is 43.2 Å². The van der Waals surface area contributed by atoms with Crippen LogP contribution in [0.5, 0.6) is 5.75 Å². The fraction of sp³-hybridized carbons (Fsp3) is 0.318. The molecule has 0 atom stereocenters. The summed E-state index contributed by atoms with van der Waals surface area (Å²) in [4.78, 5) is 38.2. The molecule has 1 saturated heterocycles. The number of methoxy groups -OCH3 is 1. The van der Waals surface area contributed by atoms with Gasteiger partial charge in [-0.3, -0.25) is 14.5 Å². The summed E-state index contributed by atoms with van der Waals surface area (Å²) in [5.74, 6) is -1.50. The maximum atomic E-state index is 13.0. The Labute approximate surface area is 185 Å². The number of carbonyl (C=O) groups is 3. The summed E-state index contributed by atoms with van der Waals surface area (Å²) in [6.07, 6.45) is 1.56. The van der Waals surface area contributed by atoms with Crippen molar-refractivity contribution in [3.05, 3.63) is 59.2 Å². The summed E-state index contributed by atoms with van der Waals surface area (Å²) in [5.41, 5.74) is 0.664. The van der Waals surface area contributed by atoms with Crippen LogP contribution in [0.1, 0.15) is 43.9 Å². The molecular formula is C22H22N2O7S. The predicted molar refractivity (Wildman–Crippen MR) is 113 cm³/mol. The number of ether oxygens (including phenoxy) is 2. The molecule has 4 rings (SSSR count). The van der Waals surface area contributed by atoms with Crippen LogP contribution in [0, 0.1) is 0 Å². The van der Waals surface area contributed by atoms with E-state index in [0.29, 0.717) is 24.2 Å². The van der Waals surface area contributed by atoms with E-state index in [1.165, 1.54) is 29.6 Å². The molecular weight excluding hydrogens is 436 g/mol. The Hall–Kier alpha value is -3.24. The first kappa shape index (κ1) is 22.0. The summed E-state index contributed by atoms with van der Waals surface area (Å²) < 4.78 is 37.7. The molecule has 1 fully saturated rings. The highest BCUT2D eigenvalue weighted by molar-refractivity contribution is 7.89. The van der Waals surface area contributed by atoms with Crippen molar-refractivity contribution in [3.8, 4) is 5.75 Å². The molecule has 2 aromatic carbocycles. The van der Waals surface area contributed by atoms with Gasteiger partial charge in [0.2, 0.25) is 10.0 Å². The lowest BCUT2D eigenvalue weighted by molar-refractivity contribution is 0.0420. The summed E-state index contributed by atoms with van der Waals surface area (Å²) in [6.45, 7) is 0.512. The zero-order chi connectivity index (χ0) is 22.9. The van der Waals surface area contributed by atoms with Crippen molar-refractivity contribution in [3.63, 3.8) is 0 Å². The van der Waals surface area contributed by atoms with Crippen molar-refractivity contribution in [2.45, 2.75) is 17.7 Å². The first-order valence-corrected chi connectivity index (χ1v) is 11.6. The highest BCUT2D eigenvalue weighted by Gasteiger charge is 2.35. The van der Waals surface area contributed by atoms with Gasteiger partial charge in [0, 0.05) is 13.1 Å². The average molecular weight is 458 g/mol. The van der Waals surface area contributed by atoms with Crippen LogP contribution in [0.4, 0.5) is 0 Å². The van der Waals surface area contributed by atoms with E-state index in [2.05, 4.69) is 0 Å². The van der Waals surface area contributed by atoms with Crippen LogP contribution in [0.15, 0.2) is 47.4 Å². The number of nitrogens with zero attached hydrogens (tertiary/aromatic N) is 2. The van der Waals surface area contributed by atoms with E-state index in [4.69, 9.17) is 9.47 Å². The summed E-state index contributed by atoms with van der Waals surface area (Å²) in [6, 6.07) is 10.5. The van der Waals surface area contributed by atoms with Gasteiger partial charge in [0.05, 0.1) is 30.3 Å². The van der Waals surface area contributed by atoms with E-state index < -0.39 is 27.8 Å². The molecule has 0 unspecified atom stereocenters. The molecule has 0 N–H and O–H groups in total. The van der Waals surface area contributed by atoms with Crippen LogP contribution in [0.2, 0.25) is 0 Å². The molecule has 10 heteroatoms. The maximum absolute atomic E-state index is 13.0. The third-order valence-electron chi connectivity index (χ3n) is 5.51. The van der Waals surface area contributed by atoms with Crippen molar-refractivity contribution < 1.29 is 32.3 Å². The molecule has 2 aromatic rings. The molecule has 0 bridgehead atoms. The molecule has 0 aromatic heterocycles. The molecule has 2 aliphatic heterocycles. The minimum absolute atomic E-state index is 0.0333. The zero-order valence-corrected chi connectivity index (χ0v) is 18.3. The Balaban J connectivity index is 1.45. The lowest BCUT2D eigenvalue weighted by atomic mass is 10.1. The topological polar surface area (TPSA) is 110 Å². The molecule has 2 amide bonds. The Bertz CT molecular complexity index is 1150. The van der Waals surface area contributed by atoms with Crippen molar-refractivity contribution in [2.24, 2.45) is 0 Å². The van der Waals surface area contributed by atoms with Gasteiger partial charge in [-0.1, -0.05) is 12.1 Å². The fourth-order valence-electron chi connectivity index (χ4n) is 3.83. The number of amides is 2. The molecule has 0 aliphatic carbocycles. The fourth-order valence-corrected chi connectivity index (χ4v) is 5.53. The van der Waals surface area contributed by atoms with Gasteiger partial charge in [0.1, 0.15) is 17.3 Å². The quantitative estimate of drug-likeness (QED) is 0.461. The van der Waals surface area contributed by atoms with E-state index in [1.807, 2.05) is 0 Å². The number of esters is 1. The first-order chi connectivity index (χ1) is 15.3. The van der Waals surface area contributed by atoms with Crippen molar-refractivity contribution in [2.75, 3.05) is 33.4 Å². The second-order valence-electron chi connectivity index (χ2n) is 7.42. The van der Waals surface area contributed by atoms with Crippen LogP contribution in [0.3, 0.4) is 0 Å². The van der Waals surface area contributed by atoms with Gasteiger partial charge in [0.25, 0.3) is 11.8 Å². The Morgan fingerprint density at radius 1 is 1.00 bits per heavy atom. The monoisotopic (exact) mass is 458 g/mol. The van der Waals surface area contributed by atoms with Crippen molar-refractivity contribution in [1.82, 2.24) is 9.21 Å². The average Bonchev–Trinajstić information content (AvgIpc) is 3.43. The lowest BCUT2D eigenvalue weighted by Gasteiger charge is -2.18.